The standard InChI is InChI=1S/C16H14BrNOS/c17-13-8-6-12(7-9-13)15(11-18)16(19)5-1-3-14-4-2-10-20-14/h2,4,6-10,15H,1,3,5H2. The number of thiophene rings is 1. The van der Waals surface area contributed by atoms with Gasteiger partial charge in [-0.05, 0) is 42.0 Å². The molecule has 0 N–H and O–H groups in total. The summed E-state index contributed by atoms with van der Waals surface area (Å²) in [4.78, 5) is 13.4. The summed E-state index contributed by atoms with van der Waals surface area (Å²) in [6.07, 6.45) is 2.15. The minimum Gasteiger partial charge on any atom is -0.298 e. The van der Waals surface area contributed by atoms with Crippen molar-refractivity contribution in [3.8, 4) is 6.07 Å². The van der Waals surface area contributed by atoms with Crippen LogP contribution < -0.4 is 0 Å². The molecule has 102 valence electrons. The quantitative estimate of drug-likeness (QED) is 0.759. The normalized spacial score (nSPS) is 11.8. The van der Waals surface area contributed by atoms with Crippen LogP contribution in [0.25, 0.3) is 0 Å². The van der Waals surface area contributed by atoms with Crippen LogP contribution in [0, 0.1) is 11.3 Å². The number of hydrogen-bond acceptors (Lipinski definition) is 3. The molecule has 1 heterocycles. The molecule has 0 fully saturated rings. The number of carbonyl (C=O) groups excluding carboxylic acids is 1. The molecule has 1 unspecified atom stereocenters. The molecule has 0 aliphatic heterocycles. The van der Waals surface area contributed by atoms with Gasteiger partial charge in [0, 0.05) is 15.8 Å². The van der Waals surface area contributed by atoms with Gasteiger partial charge in [-0.1, -0.05) is 34.1 Å². The first-order valence-electron chi connectivity index (χ1n) is 6.41. The predicted octanol–water partition coefficient (Wildman–Crippen LogP) is 4.71. The van der Waals surface area contributed by atoms with Crippen molar-refractivity contribution < 1.29 is 4.79 Å². The zero-order valence-electron chi connectivity index (χ0n) is 10.9. The molecule has 4 heteroatoms. The second kappa shape index (κ2) is 7.37. The zero-order valence-corrected chi connectivity index (χ0v) is 13.3. The van der Waals surface area contributed by atoms with Crippen molar-refractivity contribution in [1.82, 2.24) is 0 Å². The van der Waals surface area contributed by atoms with Gasteiger partial charge in [0.1, 0.15) is 5.92 Å². The van der Waals surface area contributed by atoms with Gasteiger partial charge in [0.25, 0.3) is 0 Å². The maximum Gasteiger partial charge on any atom is 0.154 e. The highest BCUT2D eigenvalue weighted by molar-refractivity contribution is 9.10. The second-order valence-corrected chi connectivity index (χ2v) is 6.46. The van der Waals surface area contributed by atoms with E-state index in [1.165, 1.54) is 4.88 Å². The molecule has 0 bridgehead atoms. The molecule has 0 saturated heterocycles. The largest absolute Gasteiger partial charge is 0.298 e. The van der Waals surface area contributed by atoms with Crippen molar-refractivity contribution >= 4 is 33.0 Å². The number of rotatable bonds is 6. The molecule has 20 heavy (non-hydrogen) atoms. The molecular formula is C16H14BrNOS. The van der Waals surface area contributed by atoms with Crippen molar-refractivity contribution in [2.45, 2.75) is 25.2 Å². The summed E-state index contributed by atoms with van der Waals surface area (Å²) in [5.74, 6) is -0.641. The van der Waals surface area contributed by atoms with Gasteiger partial charge in [0.2, 0.25) is 0 Å². The van der Waals surface area contributed by atoms with Gasteiger partial charge in [-0.2, -0.15) is 5.26 Å². The number of aryl methyl sites for hydroxylation is 1. The van der Waals surface area contributed by atoms with Gasteiger partial charge < -0.3 is 0 Å². The van der Waals surface area contributed by atoms with Gasteiger partial charge in [-0.25, -0.2) is 0 Å². The molecule has 1 aromatic heterocycles. The maximum absolute atomic E-state index is 12.2. The Morgan fingerprint density at radius 1 is 1.30 bits per heavy atom. The van der Waals surface area contributed by atoms with E-state index in [2.05, 4.69) is 28.1 Å². The van der Waals surface area contributed by atoms with E-state index >= 15 is 0 Å². The van der Waals surface area contributed by atoms with E-state index in [4.69, 9.17) is 0 Å². The van der Waals surface area contributed by atoms with E-state index in [1.807, 2.05) is 35.7 Å². The topological polar surface area (TPSA) is 40.9 Å². The van der Waals surface area contributed by atoms with Gasteiger partial charge in [0.15, 0.2) is 5.78 Å². The summed E-state index contributed by atoms with van der Waals surface area (Å²) in [7, 11) is 0. The Kier molecular flexibility index (Phi) is 5.51. The number of Topliss-reactive ketones (excluding diaryl/α,β-unsaturated/α-hetero) is 1. The monoisotopic (exact) mass is 347 g/mol. The van der Waals surface area contributed by atoms with E-state index in [9.17, 15) is 10.1 Å². The molecule has 2 nitrogen and oxygen atoms in total. The van der Waals surface area contributed by atoms with Crippen LogP contribution in [0.15, 0.2) is 46.3 Å². The molecular weight excluding hydrogens is 334 g/mol. The summed E-state index contributed by atoms with van der Waals surface area (Å²) in [5, 5.41) is 11.3. The molecule has 0 radical (unpaired) electrons. The molecule has 2 rings (SSSR count). The van der Waals surface area contributed by atoms with Crippen LogP contribution in [0.2, 0.25) is 0 Å². The Morgan fingerprint density at radius 3 is 2.65 bits per heavy atom. The SMILES string of the molecule is N#CC(C(=O)CCCc1cccs1)c1ccc(Br)cc1. The summed E-state index contributed by atoms with van der Waals surface area (Å²) in [6, 6.07) is 13.6. The van der Waals surface area contributed by atoms with Crippen LogP contribution in [0.4, 0.5) is 0 Å². The van der Waals surface area contributed by atoms with Crippen molar-refractivity contribution in [2.75, 3.05) is 0 Å². The van der Waals surface area contributed by atoms with Crippen LogP contribution in [0.3, 0.4) is 0 Å². The van der Waals surface area contributed by atoms with Gasteiger partial charge in [-0.15, -0.1) is 11.3 Å². The van der Waals surface area contributed by atoms with Gasteiger partial charge >= 0.3 is 0 Å². The Balaban J connectivity index is 1.92. The highest BCUT2D eigenvalue weighted by Crippen LogP contribution is 2.21. The number of nitriles is 1. The lowest BCUT2D eigenvalue weighted by Crippen LogP contribution is -2.10. The average molecular weight is 348 g/mol. The van der Waals surface area contributed by atoms with E-state index in [0.717, 1.165) is 22.9 Å². The van der Waals surface area contributed by atoms with Crippen LogP contribution in [-0.2, 0) is 11.2 Å². The van der Waals surface area contributed by atoms with Crippen LogP contribution in [-0.4, -0.2) is 5.78 Å². The Bertz CT molecular complexity index is 598. The first-order chi connectivity index (χ1) is 9.70. The first kappa shape index (κ1) is 15.0. The molecule has 2 aromatic rings. The van der Waals surface area contributed by atoms with E-state index in [0.29, 0.717) is 6.42 Å². The molecule has 0 spiro atoms. The highest BCUT2D eigenvalue weighted by Gasteiger charge is 2.19. The smallest absolute Gasteiger partial charge is 0.154 e. The maximum atomic E-state index is 12.2. The third kappa shape index (κ3) is 4.03. The number of benzene rings is 1. The van der Waals surface area contributed by atoms with Crippen LogP contribution >= 0.6 is 27.3 Å². The van der Waals surface area contributed by atoms with E-state index in [-0.39, 0.29) is 5.78 Å². The Morgan fingerprint density at radius 2 is 2.05 bits per heavy atom. The molecule has 0 aliphatic carbocycles. The number of hydrogen-bond donors (Lipinski definition) is 0. The zero-order chi connectivity index (χ0) is 14.4. The van der Waals surface area contributed by atoms with Crippen molar-refractivity contribution in [3.05, 3.63) is 56.7 Å². The third-order valence-corrected chi connectivity index (χ3v) is 4.55. The fourth-order valence-corrected chi connectivity index (χ4v) is 3.04. The minimum absolute atomic E-state index is 0.00591. The van der Waals surface area contributed by atoms with Crippen LogP contribution in [0.1, 0.15) is 29.2 Å². The summed E-state index contributed by atoms with van der Waals surface area (Å²) < 4.78 is 0.947. The average Bonchev–Trinajstić information content (AvgIpc) is 2.95. The Hall–Kier alpha value is -1.44. The first-order valence-corrected chi connectivity index (χ1v) is 8.08. The summed E-state index contributed by atoms with van der Waals surface area (Å²) in [5.41, 5.74) is 0.775. The second-order valence-electron chi connectivity index (χ2n) is 4.51. The number of nitrogens with zero attached hydrogens (tertiary/aromatic N) is 1. The van der Waals surface area contributed by atoms with Gasteiger partial charge in [0.05, 0.1) is 6.07 Å². The van der Waals surface area contributed by atoms with E-state index in [1.54, 1.807) is 11.3 Å². The number of ketones is 1. The fraction of sp³-hybridized carbons (Fsp3) is 0.250. The molecule has 1 atom stereocenters. The van der Waals surface area contributed by atoms with Crippen LogP contribution in [0.5, 0.6) is 0 Å². The van der Waals surface area contributed by atoms with Crippen molar-refractivity contribution in [3.63, 3.8) is 0 Å². The molecule has 0 saturated carbocycles. The fourth-order valence-electron chi connectivity index (χ4n) is 2.02. The lowest BCUT2D eigenvalue weighted by molar-refractivity contribution is -0.119. The third-order valence-electron chi connectivity index (χ3n) is 3.08. The number of halogens is 1. The minimum atomic E-state index is -0.647. The highest BCUT2D eigenvalue weighted by atomic mass is 79.9. The van der Waals surface area contributed by atoms with Gasteiger partial charge in [-0.3, -0.25) is 4.79 Å². The lowest BCUT2D eigenvalue weighted by atomic mass is 9.93. The lowest BCUT2D eigenvalue weighted by Gasteiger charge is -2.08. The van der Waals surface area contributed by atoms with Crippen molar-refractivity contribution in [1.29, 1.82) is 5.26 Å². The molecule has 0 amide bonds. The van der Waals surface area contributed by atoms with E-state index < -0.39 is 5.92 Å². The molecule has 1 aromatic carbocycles. The molecule has 0 aliphatic rings. The summed E-state index contributed by atoms with van der Waals surface area (Å²) >= 11 is 5.06. The summed E-state index contributed by atoms with van der Waals surface area (Å²) in [6.45, 7) is 0. The number of carbonyl (C=O) groups is 1. The Labute approximate surface area is 131 Å². The van der Waals surface area contributed by atoms with Crippen molar-refractivity contribution in [2.24, 2.45) is 0 Å². The predicted molar refractivity (Wildman–Crippen MR) is 84.8 cm³/mol.